The van der Waals surface area contributed by atoms with Gasteiger partial charge in [0, 0.05) is 5.69 Å². The minimum Gasteiger partial charge on any atom is -0.492 e. The van der Waals surface area contributed by atoms with E-state index in [1.165, 1.54) is 58.7 Å². The predicted octanol–water partition coefficient (Wildman–Crippen LogP) is 5.22. The molecule has 0 spiro atoms. The van der Waals surface area contributed by atoms with Gasteiger partial charge in [-0.25, -0.2) is 4.39 Å². The molecule has 0 atom stereocenters. The summed E-state index contributed by atoms with van der Waals surface area (Å²) < 4.78 is 19.4. The van der Waals surface area contributed by atoms with Gasteiger partial charge in [0.25, 0.3) is 5.91 Å². The van der Waals surface area contributed by atoms with Crippen LogP contribution in [0.25, 0.3) is 0 Å². The molecule has 0 aliphatic carbocycles. The fourth-order valence-electron chi connectivity index (χ4n) is 2.53. The molecule has 0 aliphatic rings. The van der Waals surface area contributed by atoms with Crippen LogP contribution in [0.1, 0.15) is 21.7 Å². The number of carbonyl (C=O) groups is 1. The minimum absolute atomic E-state index is 0.233. The van der Waals surface area contributed by atoms with E-state index in [2.05, 4.69) is 31.0 Å². The Morgan fingerprint density at radius 1 is 1.06 bits per heavy atom. The van der Waals surface area contributed by atoms with Crippen LogP contribution in [0, 0.1) is 5.82 Å². The lowest BCUT2D eigenvalue weighted by molar-refractivity contribution is 0.102. The highest BCUT2D eigenvalue weighted by Crippen LogP contribution is 2.33. The summed E-state index contributed by atoms with van der Waals surface area (Å²) in [6.45, 7) is 2.50. The summed E-state index contributed by atoms with van der Waals surface area (Å²) >= 11 is 4.06. The fraction of sp³-hybridized carbons (Fsp3) is 0.150. The topological polar surface area (TPSA) is 102 Å². The zero-order valence-electron chi connectivity index (χ0n) is 16.7. The Morgan fingerprint density at radius 2 is 1.88 bits per heavy atom. The van der Waals surface area contributed by atoms with Crippen molar-refractivity contribution >= 4 is 56.8 Å². The monoisotopic (exact) mass is 488 g/mol. The molecule has 0 saturated heterocycles. The van der Waals surface area contributed by atoms with Crippen LogP contribution >= 0.6 is 34.4 Å². The van der Waals surface area contributed by atoms with E-state index in [1.807, 2.05) is 31.2 Å². The van der Waals surface area contributed by atoms with E-state index >= 15 is 0 Å². The highest BCUT2D eigenvalue weighted by molar-refractivity contribution is 8.00. The quantitative estimate of drug-likeness (QED) is 0.309. The first-order chi connectivity index (χ1) is 15.6. The molecule has 0 bridgehead atoms. The van der Waals surface area contributed by atoms with Crippen molar-refractivity contribution in [2.75, 3.05) is 17.2 Å². The second-order valence-electron chi connectivity index (χ2n) is 6.18. The number of hydrogen-bond acceptors (Lipinski definition) is 10. The summed E-state index contributed by atoms with van der Waals surface area (Å²) in [5, 5.41) is 23.8. The molecule has 4 rings (SSSR count). The first-order valence-corrected chi connectivity index (χ1v) is 12.1. The highest BCUT2D eigenvalue weighted by Gasteiger charge is 2.15. The molecule has 0 aliphatic heterocycles. The number of hydrogen-bond donors (Lipinski definition) is 2. The first-order valence-electron chi connectivity index (χ1n) is 9.45. The Bertz CT molecular complexity index is 1200. The number of carbonyl (C=O) groups excluding carboxylic acids is 1. The number of ether oxygens (including phenoxy) is 1. The number of nitrogens with one attached hydrogen (secondary N) is 2. The highest BCUT2D eigenvalue weighted by atomic mass is 32.2. The third kappa shape index (κ3) is 5.78. The van der Waals surface area contributed by atoms with Crippen molar-refractivity contribution in [3.8, 4) is 5.75 Å². The summed E-state index contributed by atoms with van der Waals surface area (Å²) in [6.07, 6.45) is 0. The Labute approximate surface area is 195 Å². The zero-order chi connectivity index (χ0) is 22.3. The molecule has 2 aromatic heterocycles. The second kappa shape index (κ2) is 10.5. The molecule has 12 heteroatoms. The normalized spacial score (nSPS) is 10.7. The number of nitrogens with zero attached hydrogens (tertiary/aromatic N) is 4. The average molecular weight is 489 g/mol. The second-order valence-corrected chi connectivity index (χ2v) is 9.44. The molecule has 1 amide bonds. The van der Waals surface area contributed by atoms with Crippen molar-refractivity contribution in [1.82, 2.24) is 20.4 Å². The van der Waals surface area contributed by atoms with Crippen LogP contribution in [0.3, 0.4) is 0 Å². The third-order valence-electron chi connectivity index (χ3n) is 3.92. The Balaban J connectivity index is 1.32. The minimum atomic E-state index is -0.388. The number of aromatic nitrogens is 4. The molecule has 32 heavy (non-hydrogen) atoms. The molecular weight excluding hydrogens is 471 g/mol. The molecule has 8 nitrogen and oxygen atoms in total. The van der Waals surface area contributed by atoms with Crippen LogP contribution in [0.4, 0.5) is 20.9 Å². The molecular formula is C20H17FN6O2S3. The number of thioether (sulfide) groups is 1. The summed E-state index contributed by atoms with van der Waals surface area (Å²) in [5.41, 5.74) is 1.31. The van der Waals surface area contributed by atoms with Crippen LogP contribution in [0.15, 0.2) is 52.9 Å². The average Bonchev–Trinajstić information content (AvgIpc) is 3.45. The van der Waals surface area contributed by atoms with Gasteiger partial charge in [0.05, 0.1) is 18.0 Å². The summed E-state index contributed by atoms with van der Waals surface area (Å²) in [5.74, 6) is 0.498. The van der Waals surface area contributed by atoms with E-state index in [1.54, 1.807) is 0 Å². The number of anilines is 3. The fourth-order valence-corrected chi connectivity index (χ4v) is 5.01. The van der Waals surface area contributed by atoms with Gasteiger partial charge in [-0.3, -0.25) is 4.79 Å². The van der Waals surface area contributed by atoms with Crippen molar-refractivity contribution in [2.24, 2.45) is 0 Å². The van der Waals surface area contributed by atoms with E-state index in [0.717, 1.165) is 15.8 Å². The van der Waals surface area contributed by atoms with Crippen LogP contribution in [0.5, 0.6) is 5.75 Å². The van der Waals surface area contributed by atoms with Crippen molar-refractivity contribution in [1.29, 1.82) is 0 Å². The summed E-state index contributed by atoms with van der Waals surface area (Å²) in [6, 6.07) is 13.2. The van der Waals surface area contributed by atoms with E-state index in [-0.39, 0.29) is 16.7 Å². The maximum Gasteiger partial charge on any atom is 0.286 e. The molecule has 0 fully saturated rings. The van der Waals surface area contributed by atoms with Gasteiger partial charge in [0.1, 0.15) is 16.6 Å². The molecule has 0 radical (unpaired) electrons. The van der Waals surface area contributed by atoms with Gasteiger partial charge in [-0.15, -0.1) is 20.4 Å². The van der Waals surface area contributed by atoms with Gasteiger partial charge in [-0.05, 0) is 43.3 Å². The largest absolute Gasteiger partial charge is 0.492 e. The number of rotatable bonds is 9. The standard InChI is InChI=1S/C20H17FN6O2S3/c1-2-29-15-6-4-3-5-14(15)23-19-26-27-20(32-19)30-11-16-24-25-18(31-16)17(28)22-13-9-7-12(21)8-10-13/h3-10H,2,11H2,1H3,(H,22,28)(H,23,26). The van der Waals surface area contributed by atoms with Crippen molar-refractivity contribution in [2.45, 2.75) is 17.0 Å². The molecule has 2 N–H and O–H groups in total. The van der Waals surface area contributed by atoms with Gasteiger partial charge >= 0.3 is 0 Å². The van der Waals surface area contributed by atoms with Crippen molar-refractivity contribution in [3.63, 3.8) is 0 Å². The molecule has 2 heterocycles. The number of amides is 1. The van der Waals surface area contributed by atoms with E-state index in [0.29, 0.717) is 28.2 Å². The van der Waals surface area contributed by atoms with Gasteiger partial charge < -0.3 is 15.4 Å². The molecule has 164 valence electrons. The summed E-state index contributed by atoms with van der Waals surface area (Å²) in [7, 11) is 0. The number of benzene rings is 2. The molecule has 0 unspecified atom stereocenters. The van der Waals surface area contributed by atoms with Crippen LogP contribution in [-0.2, 0) is 5.75 Å². The van der Waals surface area contributed by atoms with Gasteiger partial charge in [0.15, 0.2) is 4.34 Å². The summed E-state index contributed by atoms with van der Waals surface area (Å²) in [4.78, 5) is 12.3. The molecule has 4 aromatic rings. The molecule has 0 saturated carbocycles. The van der Waals surface area contributed by atoms with Gasteiger partial charge in [0.2, 0.25) is 10.1 Å². The van der Waals surface area contributed by atoms with Crippen LogP contribution < -0.4 is 15.4 Å². The van der Waals surface area contributed by atoms with E-state index < -0.39 is 0 Å². The van der Waals surface area contributed by atoms with Crippen LogP contribution in [-0.4, -0.2) is 32.9 Å². The van der Waals surface area contributed by atoms with Gasteiger partial charge in [-0.1, -0.05) is 46.6 Å². The lowest BCUT2D eigenvalue weighted by atomic mass is 10.3. The Kier molecular flexibility index (Phi) is 7.24. The number of halogens is 1. The van der Waals surface area contributed by atoms with Gasteiger partial charge in [-0.2, -0.15) is 0 Å². The maximum atomic E-state index is 13.0. The van der Waals surface area contributed by atoms with Crippen molar-refractivity contribution < 1.29 is 13.9 Å². The first kappa shape index (κ1) is 22.1. The Hall–Kier alpha value is -3.09. The van der Waals surface area contributed by atoms with E-state index in [9.17, 15) is 9.18 Å². The van der Waals surface area contributed by atoms with E-state index in [4.69, 9.17) is 4.74 Å². The molecule has 2 aromatic carbocycles. The van der Waals surface area contributed by atoms with Crippen molar-refractivity contribution in [3.05, 3.63) is 64.4 Å². The smallest absolute Gasteiger partial charge is 0.286 e. The maximum absolute atomic E-state index is 13.0. The zero-order valence-corrected chi connectivity index (χ0v) is 19.2. The number of para-hydroxylation sites is 2. The third-order valence-corrected chi connectivity index (χ3v) is 7.01. The van der Waals surface area contributed by atoms with Crippen LogP contribution in [0.2, 0.25) is 0 Å². The SMILES string of the molecule is CCOc1ccccc1Nc1nnc(SCc2nnc(C(=O)Nc3ccc(F)cc3)s2)s1. The lowest BCUT2D eigenvalue weighted by Crippen LogP contribution is -2.11. The predicted molar refractivity (Wildman–Crippen MR) is 125 cm³/mol. The Morgan fingerprint density at radius 3 is 2.69 bits per heavy atom. The lowest BCUT2D eigenvalue weighted by Gasteiger charge is -2.09.